The van der Waals surface area contributed by atoms with Crippen molar-refractivity contribution in [2.45, 2.75) is 25.4 Å². The summed E-state index contributed by atoms with van der Waals surface area (Å²) in [6.45, 7) is 0.827. The van der Waals surface area contributed by atoms with Crippen molar-refractivity contribution in [1.29, 1.82) is 0 Å². The third-order valence-electron chi connectivity index (χ3n) is 2.88. The third-order valence-corrected chi connectivity index (χ3v) is 3.50. The van der Waals surface area contributed by atoms with Crippen LogP contribution in [0.4, 0.5) is 0 Å². The maximum absolute atomic E-state index is 5.73. The third kappa shape index (κ3) is 1.64. The molecule has 1 aliphatic heterocycles. The molecule has 0 aromatic carbocycles. The zero-order chi connectivity index (χ0) is 11.0. The van der Waals surface area contributed by atoms with Gasteiger partial charge in [0, 0.05) is 12.8 Å². The van der Waals surface area contributed by atoms with Crippen LogP contribution in [0.15, 0.2) is 22.8 Å². The first-order valence-corrected chi connectivity index (χ1v) is 6.26. The van der Waals surface area contributed by atoms with Crippen molar-refractivity contribution < 1.29 is 4.74 Å². The summed E-state index contributed by atoms with van der Waals surface area (Å²) in [5, 5.41) is 8.42. The smallest absolute Gasteiger partial charge is 0.175 e. The summed E-state index contributed by atoms with van der Waals surface area (Å²) in [6.07, 6.45) is 5.46. The minimum absolute atomic E-state index is 0.0954. The number of hydrogen-bond acceptors (Lipinski definition) is 3. The molecule has 0 aliphatic carbocycles. The SMILES string of the molecule is Brc1cccn2c(C3CCCCO3)nnc12. The van der Waals surface area contributed by atoms with Crippen LogP contribution in [0.5, 0.6) is 0 Å². The lowest BCUT2D eigenvalue weighted by atomic mass is 10.1. The molecule has 2 aromatic heterocycles. The van der Waals surface area contributed by atoms with Crippen molar-refractivity contribution >= 4 is 21.6 Å². The predicted molar refractivity (Wildman–Crippen MR) is 63.2 cm³/mol. The van der Waals surface area contributed by atoms with Crippen molar-refractivity contribution in [2.75, 3.05) is 6.61 Å². The summed E-state index contributed by atoms with van der Waals surface area (Å²) in [6, 6.07) is 3.95. The largest absolute Gasteiger partial charge is 0.370 e. The van der Waals surface area contributed by atoms with E-state index in [-0.39, 0.29) is 6.10 Å². The van der Waals surface area contributed by atoms with Crippen LogP contribution in [0, 0.1) is 0 Å². The number of ether oxygens (including phenoxy) is 1. The first kappa shape index (κ1) is 10.2. The van der Waals surface area contributed by atoms with Gasteiger partial charge in [0.25, 0.3) is 0 Å². The molecule has 1 atom stereocenters. The molecule has 0 saturated carbocycles. The number of fused-ring (bicyclic) bond motifs is 1. The van der Waals surface area contributed by atoms with Crippen molar-refractivity contribution in [3.05, 3.63) is 28.6 Å². The molecule has 1 aliphatic rings. The van der Waals surface area contributed by atoms with Crippen molar-refractivity contribution in [3.63, 3.8) is 0 Å². The molecule has 84 valence electrons. The van der Waals surface area contributed by atoms with E-state index < -0.39 is 0 Å². The first-order chi connectivity index (χ1) is 7.86. The van der Waals surface area contributed by atoms with E-state index in [0.29, 0.717) is 0 Å². The minimum Gasteiger partial charge on any atom is -0.370 e. The molecule has 3 heterocycles. The van der Waals surface area contributed by atoms with Gasteiger partial charge in [0.15, 0.2) is 11.5 Å². The Labute approximate surface area is 102 Å². The molecule has 4 nitrogen and oxygen atoms in total. The summed E-state index contributed by atoms with van der Waals surface area (Å²) in [5.74, 6) is 0.913. The molecule has 0 radical (unpaired) electrons. The topological polar surface area (TPSA) is 39.4 Å². The fourth-order valence-electron chi connectivity index (χ4n) is 2.07. The average Bonchev–Trinajstić information content (AvgIpc) is 2.75. The molecule has 0 spiro atoms. The number of rotatable bonds is 1. The molecular formula is C11H12BrN3O. The highest BCUT2D eigenvalue weighted by molar-refractivity contribution is 9.10. The lowest BCUT2D eigenvalue weighted by Crippen LogP contribution is -2.14. The lowest BCUT2D eigenvalue weighted by Gasteiger charge is -2.20. The van der Waals surface area contributed by atoms with Gasteiger partial charge in [0.2, 0.25) is 0 Å². The van der Waals surface area contributed by atoms with Gasteiger partial charge in [-0.2, -0.15) is 0 Å². The summed E-state index contributed by atoms with van der Waals surface area (Å²) >= 11 is 3.47. The average molecular weight is 282 g/mol. The van der Waals surface area contributed by atoms with Crippen molar-refractivity contribution in [3.8, 4) is 0 Å². The van der Waals surface area contributed by atoms with Crippen LogP contribution in [-0.2, 0) is 4.74 Å². The van der Waals surface area contributed by atoms with Gasteiger partial charge in [-0.15, -0.1) is 10.2 Å². The molecule has 16 heavy (non-hydrogen) atoms. The number of hydrogen-bond donors (Lipinski definition) is 0. The van der Waals surface area contributed by atoms with Crippen LogP contribution >= 0.6 is 15.9 Å². The Hall–Kier alpha value is -0.940. The molecule has 5 heteroatoms. The molecular weight excluding hydrogens is 270 g/mol. The van der Waals surface area contributed by atoms with Crippen LogP contribution in [0.25, 0.3) is 5.65 Å². The Morgan fingerprint density at radius 1 is 1.38 bits per heavy atom. The number of halogens is 1. The van der Waals surface area contributed by atoms with Crippen LogP contribution < -0.4 is 0 Å². The second kappa shape index (κ2) is 4.14. The normalized spacial score (nSPS) is 21.4. The summed E-state index contributed by atoms with van der Waals surface area (Å²) in [4.78, 5) is 0. The highest BCUT2D eigenvalue weighted by Gasteiger charge is 2.21. The van der Waals surface area contributed by atoms with Crippen LogP contribution in [0.1, 0.15) is 31.2 Å². The predicted octanol–water partition coefficient (Wildman–Crippen LogP) is 2.73. The highest BCUT2D eigenvalue weighted by atomic mass is 79.9. The van der Waals surface area contributed by atoms with Crippen molar-refractivity contribution in [1.82, 2.24) is 14.6 Å². The van der Waals surface area contributed by atoms with Crippen LogP contribution in [-0.4, -0.2) is 21.2 Å². The molecule has 1 saturated heterocycles. The molecule has 1 unspecified atom stereocenters. The number of pyridine rings is 1. The van der Waals surface area contributed by atoms with Gasteiger partial charge in [-0.1, -0.05) is 0 Å². The Kier molecular flexibility index (Phi) is 2.65. The van der Waals surface area contributed by atoms with Gasteiger partial charge in [0.1, 0.15) is 6.10 Å². The minimum atomic E-state index is 0.0954. The standard InChI is InChI=1S/C11H12BrN3O/c12-8-4-3-6-15-10(8)13-14-11(15)9-5-1-2-7-16-9/h3-4,6,9H,1-2,5,7H2. The first-order valence-electron chi connectivity index (χ1n) is 5.47. The zero-order valence-electron chi connectivity index (χ0n) is 8.77. The Bertz CT molecular complexity index is 505. The lowest BCUT2D eigenvalue weighted by molar-refractivity contribution is 0.00885. The fourth-order valence-corrected chi connectivity index (χ4v) is 2.49. The van der Waals surface area contributed by atoms with E-state index in [4.69, 9.17) is 4.74 Å². The molecule has 0 N–H and O–H groups in total. The van der Waals surface area contributed by atoms with Crippen LogP contribution in [0.2, 0.25) is 0 Å². The molecule has 0 amide bonds. The van der Waals surface area contributed by atoms with Gasteiger partial charge >= 0.3 is 0 Å². The van der Waals surface area contributed by atoms with Crippen molar-refractivity contribution in [2.24, 2.45) is 0 Å². The molecule has 0 bridgehead atoms. The monoisotopic (exact) mass is 281 g/mol. The van der Waals surface area contributed by atoms with E-state index in [9.17, 15) is 0 Å². The molecule has 3 rings (SSSR count). The molecule has 2 aromatic rings. The number of nitrogens with zero attached hydrogens (tertiary/aromatic N) is 3. The van der Waals surface area contributed by atoms with Gasteiger partial charge in [-0.3, -0.25) is 4.40 Å². The number of aromatic nitrogens is 3. The second-order valence-electron chi connectivity index (χ2n) is 3.96. The molecule has 1 fully saturated rings. The van der Waals surface area contributed by atoms with E-state index in [1.807, 2.05) is 22.7 Å². The zero-order valence-corrected chi connectivity index (χ0v) is 10.4. The van der Waals surface area contributed by atoms with Crippen LogP contribution in [0.3, 0.4) is 0 Å². The van der Waals surface area contributed by atoms with E-state index in [2.05, 4.69) is 26.1 Å². The highest BCUT2D eigenvalue weighted by Crippen LogP contribution is 2.28. The second-order valence-corrected chi connectivity index (χ2v) is 4.82. The van der Waals surface area contributed by atoms with E-state index in [1.165, 1.54) is 6.42 Å². The van der Waals surface area contributed by atoms with Gasteiger partial charge < -0.3 is 4.74 Å². The summed E-state index contributed by atoms with van der Waals surface area (Å²) < 4.78 is 8.69. The van der Waals surface area contributed by atoms with Gasteiger partial charge in [-0.25, -0.2) is 0 Å². The maximum atomic E-state index is 5.73. The summed E-state index contributed by atoms with van der Waals surface area (Å²) in [5.41, 5.74) is 0.853. The van der Waals surface area contributed by atoms with E-state index in [0.717, 1.165) is 35.4 Å². The van der Waals surface area contributed by atoms with E-state index >= 15 is 0 Å². The summed E-state index contributed by atoms with van der Waals surface area (Å²) in [7, 11) is 0. The fraction of sp³-hybridized carbons (Fsp3) is 0.455. The maximum Gasteiger partial charge on any atom is 0.175 e. The van der Waals surface area contributed by atoms with Gasteiger partial charge in [-0.05, 0) is 47.3 Å². The Morgan fingerprint density at radius 3 is 3.12 bits per heavy atom. The Balaban J connectivity index is 2.06. The van der Waals surface area contributed by atoms with E-state index in [1.54, 1.807) is 0 Å². The van der Waals surface area contributed by atoms with Gasteiger partial charge in [0.05, 0.1) is 4.47 Å². The quantitative estimate of drug-likeness (QED) is 0.807. The Morgan fingerprint density at radius 2 is 2.31 bits per heavy atom.